The van der Waals surface area contributed by atoms with Gasteiger partial charge < -0.3 is 10.4 Å². The van der Waals surface area contributed by atoms with Gasteiger partial charge in [-0.15, -0.1) is 0 Å². The molecule has 1 aromatic carbocycles. The number of aryl methyl sites for hydroxylation is 1. The average Bonchev–Trinajstić information content (AvgIpc) is 2.14. The van der Waals surface area contributed by atoms with Crippen molar-refractivity contribution in [3.8, 4) is 5.75 Å². The van der Waals surface area contributed by atoms with Crippen molar-refractivity contribution in [3.63, 3.8) is 0 Å². The Kier molecular flexibility index (Phi) is 3.50. The normalized spacial score (nSPS) is 9.73. The molecule has 0 unspecified atom stereocenters. The summed E-state index contributed by atoms with van der Waals surface area (Å²) in [5.41, 5.74) is 2.24. The lowest BCUT2D eigenvalue weighted by Crippen LogP contribution is -2.25. The number of benzene rings is 1. The third-order valence-corrected chi connectivity index (χ3v) is 2.01. The van der Waals surface area contributed by atoms with Crippen molar-refractivity contribution in [2.24, 2.45) is 0 Å². The molecule has 3 heteroatoms. The minimum Gasteiger partial charge on any atom is -0.508 e. The topological polar surface area (TPSA) is 49.3 Å². The molecule has 15 heavy (non-hydrogen) atoms. The number of nitrogens with one attached hydrogen (secondary N) is 1. The van der Waals surface area contributed by atoms with Crippen LogP contribution in [0.5, 0.6) is 5.75 Å². The molecule has 1 amide bonds. The Morgan fingerprint density at radius 1 is 1.53 bits per heavy atom. The largest absolute Gasteiger partial charge is 0.508 e. The minimum absolute atomic E-state index is 0.143. The molecule has 80 valence electrons. The van der Waals surface area contributed by atoms with Crippen molar-refractivity contribution in [2.75, 3.05) is 6.54 Å². The van der Waals surface area contributed by atoms with Gasteiger partial charge in [-0.3, -0.25) is 4.79 Å². The Balaban J connectivity index is 2.78. The van der Waals surface area contributed by atoms with Gasteiger partial charge in [-0.1, -0.05) is 12.2 Å². The van der Waals surface area contributed by atoms with Crippen LogP contribution in [0.25, 0.3) is 0 Å². The fourth-order valence-electron chi connectivity index (χ4n) is 1.23. The summed E-state index contributed by atoms with van der Waals surface area (Å²) in [5, 5.41) is 11.9. The molecule has 0 aliphatic rings. The number of rotatable bonds is 3. The van der Waals surface area contributed by atoms with E-state index in [-0.39, 0.29) is 11.7 Å². The van der Waals surface area contributed by atoms with Gasteiger partial charge in [0.05, 0.1) is 0 Å². The summed E-state index contributed by atoms with van der Waals surface area (Å²) in [5.74, 6) is 0.0273. The highest BCUT2D eigenvalue weighted by Gasteiger charge is 2.08. The van der Waals surface area contributed by atoms with Crippen LogP contribution in [0.1, 0.15) is 22.8 Å². The second-order valence-electron chi connectivity index (χ2n) is 3.64. The van der Waals surface area contributed by atoms with Crippen LogP contribution in [-0.4, -0.2) is 17.6 Å². The monoisotopic (exact) mass is 205 g/mol. The Morgan fingerprint density at radius 2 is 2.20 bits per heavy atom. The summed E-state index contributed by atoms with van der Waals surface area (Å²) in [7, 11) is 0. The molecule has 0 fully saturated rings. The van der Waals surface area contributed by atoms with Crippen LogP contribution in [0.15, 0.2) is 30.4 Å². The van der Waals surface area contributed by atoms with Gasteiger partial charge in [-0.05, 0) is 37.6 Å². The zero-order valence-corrected chi connectivity index (χ0v) is 9.00. The van der Waals surface area contributed by atoms with Crippen LogP contribution in [0.4, 0.5) is 0 Å². The van der Waals surface area contributed by atoms with Gasteiger partial charge in [0.2, 0.25) is 0 Å². The van der Waals surface area contributed by atoms with Crippen LogP contribution < -0.4 is 5.32 Å². The smallest absolute Gasteiger partial charge is 0.251 e. The van der Waals surface area contributed by atoms with E-state index in [1.54, 1.807) is 19.1 Å². The van der Waals surface area contributed by atoms with E-state index in [0.717, 1.165) is 11.1 Å². The third-order valence-electron chi connectivity index (χ3n) is 2.01. The first kappa shape index (κ1) is 11.3. The Morgan fingerprint density at radius 3 is 2.73 bits per heavy atom. The summed E-state index contributed by atoms with van der Waals surface area (Å²) in [6.45, 7) is 7.81. The lowest BCUT2D eigenvalue weighted by Gasteiger charge is -2.07. The maximum absolute atomic E-state index is 11.6. The zero-order chi connectivity index (χ0) is 11.4. The van der Waals surface area contributed by atoms with E-state index >= 15 is 0 Å². The first-order valence-electron chi connectivity index (χ1n) is 4.73. The Hall–Kier alpha value is -1.77. The standard InChI is InChI=1S/C12H15NO2/c1-8(2)7-13-12(15)11-5-4-10(14)6-9(11)3/h4-6,14H,1,7H2,2-3H3,(H,13,15). The first-order valence-corrected chi connectivity index (χ1v) is 4.73. The number of carbonyl (C=O) groups is 1. The van der Waals surface area contributed by atoms with Crippen LogP contribution in [-0.2, 0) is 0 Å². The van der Waals surface area contributed by atoms with Crippen LogP contribution in [0, 0.1) is 6.92 Å². The highest BCUT2D eigenvalue weighted by molar-refractivity contribution is 5.95. The zero-order valence-electron chi connectivity index (χ0n) is 9.00. The van der Waals surface area contributed by atoms with Crippen molar-refractivity contribution in [1.82, 2.24) is 5.32 Å². The molecule has 0 radical (unpaired) electrons. The summed E-state index contributed by atoms with van der Waals surface area (Å²) in [6, 6.07) is 4.68. The SMILES string of the molecule is C=C(C)CNC(=O)c1ccc(O)cc1C. The lowest BCUT2D eigenvalue weighted by molar-refractivity contribution is 0.0956. The maximum atomic E-state index is 11.6. The predicted octanol–water partition coefficient (Wildman–Crippen LogP) is 2.01. The van der Waals surface area contributed by atoms with Gasteiger partial charge in [0.25, 0.3) is 5.91 Å². The molecule has 2 N–H and O–H groups in total. The highest BCUT2D eigenvalue weighted by atomic mass is 16.3. The Labute approximate surface area is 89.4 Å². The summed E-state index contributed by atoms with van der Waals surface area (Å²) < 4.78 is 0. The number of hydrogen-bond donors (Lipinski definition) is 2. The van der Waals surface area contributed by atoms with Crippen molar-refractivity contribution in [2.45, 2.75) is 13.8 Å². The molecule has 1 aromatic rings. The molecule has 0 saturated carbocycles. The number of carbonyl (C=O) groups excluding carboxylic acids is 1. The number of aromatic hydroxyl groups is 1. The first-order chi connectivity index (χ1) is 7.00. The average molecular weight is 205 g/mol. The second-order valence-corrected chi connectivity index (χ2v) is 3.64. The fourth-order valence-corrected chi connectivity index (χ4v) is 1.23. The molecule has 0 aliphatic carbocycles. The molecule has 0 heterocycles. The molecule has 0 atom stereocenters. The maximum Gasteiger partial charge on any atom is 0.251 e. The van der Waals surface area contributed by atoms with E-state index in [9.17, 15) is 9.90 Å². The van der Waals surface area contributed by atoms with Gasteiger partial charge in [0, 0.05) is 12.1 Å². The number of hydrogen-bond acceptors (Lipinski definition) is 2. The molecular weight excluding hydrogens is 190 g/mol. The van der Waals surface area contributed by atoms with Crippen molar-refractivity contribution in [3.05, 3.63) is 41.5 Å². The molecule has 0 bridgehead atoms. The van der Waals surface area contributed by atoms with Crippen molar-refractivity contribution < 1.29 is 9.90 Å². The molecular formula is C12H15NO2. The summed E-state index contributed by atoms with van der Waals surface area (Å²) >= 11 is 0. The van der Waals surface area contributed by atoms with Crippen molar-refractivity contribution in [1.29, 1.82) is 0 Å². The van der Waals surface area contributed by atoms with Gasteiger partial charge in [-0.25, -0.2) is 0 Å². The van der Waals surface area contributed by atoms with E-state index in [1.165, 1.54) is 6.07 Å². The molecule has 3 nitrogen and oxygen atoms in total. The van der Waals surface area contributed by atoms with Gasteiger partial charge in [0.1, 0.15) is 5.75 Å². The van der Waals surface area contributed by atoms with Crippen LogP contribution >= 0.6 is 0 Å². The van der Waals surface area contributed by atoms with E-state index in [1.807, 2.05) is 6.92 Å². The highest BCUT2D eigenvalue weighted by Crippen LogP contribution is 2.15. The minimum atomic E-state index is -0.143. The van der Waals surface area contributed by atoms with E-state index in [2.05, 4.69) is 11.9 Å². The molecule has 0 aliphatic heterocycles. The van der Waals surface area contributed by atoms with Crippen LogP contribution in [0.3, 0.4) is 0 Å². The van der Waals surface area contributed by atoms with E-state index < -0.39 is 0 Å². The number of phenolic OH excluding ortho intramolecular Hbond substituents is 1. The Bertz CT molecular complexity index is 397. The van der Waals surface area contributed by atoms with Gasteiger partial charge in [0.15, 0.2) is 0 Å². The number of phenols is 1. The van der Waals surface area contributed by atoms with E-state index in [0.29, 0.717) is 12.1 Å². The quantitative estimate of drug-likeness (QED) is 0.741. The molecule has 0 saturated heterocycles. The third kappa shape index (κ3) is 3.13. The molecule has 1 rings (SSSR count). The fraction of sp³-hybridized carbons (Fsp3) is 0.250. The summed E-state index contributed by atoms with van der Waals surface area (Å²) in [6.07, 6.45) is 0. The lowest BCUT2D eigenvalue weighted by atomic mass is 10.1. The number of amides is 1. The van der Waals surface area contributed by atoms with E-state index in [4.69, 9.17) is 0 Å². The van der Waals surface area contributed by atoms with Crippen LogP contribution in [0.2, 0.25) is 0 Å². The van der Waals surface area contributed by atoms with Gasteiger partial charge >= 0.3 is 0 Å². The van der Waals surface area contributed by atoms with Crippen molar-refractivity contribution >= 4 is 5.91 Å². The summed E-state index contributed by atoms with van der Waals surface area (Å²) in [4.78, 5) is 11.6. The predicted molar refractivity (Wildman–Crippen MR) is 60.0 cm³/mol. The molecule has 0 aromatic heterocycles. The second kappa shape index (κ2) is 4.64. The van der Waals surface area contributed by atoms with Gasteiger partial charge in [-0.2, -0.15) is 0 Å². The molecule has 0 spiro atoms.